The van der Waals surface area contributed by atoms with Gasteiger partial charge in [-0.25, -0.2) is 9.97 Å². The quantitative estimate of drug-likeness (QED) is 0.732. The SMILES string of the molecule is Cc1cc(-c2nc(Cl)c3c(n2)CSC3)c(C)s1. The van der Waals surface area contributed by atoms with E-state index in [0.29, 0.717) is 5.15 Å². The minimum atomic E-state index is 0.623. The van der Waals surface area contributed by atoms with Gasteiger partial charge in [0.05, 0.1) is 5.69 Å². The molecular formula is C12H11ClN2S2. The molecule has 88 valence electrons. The Balaban J connectivity index is 2.16. The Morgan fingerprint density at radius 3 is 2.76 bits per heavy atom. The monoisotopic (exact) mass is 282 g/mol. The number of aryl methyl sites for hydroxylation is 2. The number of rotatable bonds is 1. The molecule has 0 radical (unpaired) electrons. The molecule has 2 nitrogen and oxygen atoms in total. The van der Waals surface area contributed by atoms with Gasteiger partial charge in [-0.3, -0.25) is 0 Å². The molecule has 0 aromatic carbocycles. The van der Waals surface area contributed by atoms with Crippen LogP contribution in [0.5, 0.6) is 0 Å². The predicted octanol–water partition coefficient (Wildman–Crippen LogP) is 4.22. The summed E-state index contributed by atoms with van der Waals surface area (Å²) < 4.78 is 0. The standard InChI is InChI=1S/C12H11ClN2S2/c1-6-3-8(7(2)17-6)12-14-10-5-16-4-9(10)11(13)15-12/h3H,4-5H2,1-2H3. The number of halogens is 1. The third-order valence-corrected chi connectivity index (χ3v) is 5.06. The molecule has 3 heterocycles. The van der Waals surface area contributed by atoms with Crippen LogP contribution in [0.25, 0.3) is 11.4 Å². The van der Waals surface area contributed by atoms with Crippen molar-refractivity contribution in [3.05, 3.63) is 32.2 Å². The molecule has 0 bridgehead atoms. The first-order chi connectivity index (χ1) is 8.15. The second-order valence-electron chi connectivity index (χ2n) is 4.08. The van der Waals surface area contributed by atoms with Gasteiger partial charge in [-0.1, -0.05) is 11.6 Å². The van der Waals surface area contributed by atoms with Crippen LogP contribution in [0.4, 0.5) is 0 Å². The predicted molar refractivity (Wildman–Crippen MR) is 74.8 cm³/mol. The molecule has 17 heavy (non-hydrogen) atoms. The van der Waals surface area contributed by atoms with E-state index < -0.39 is 0 Å². The van der Waals surface area contributed by atoms with Gasteiger partial charge in [-0.05, 0) is 19.9 Å². The van der Waals surface area contributed by atoms with Crippen LogP contribution >= 0.6 is 34.7 Å². The zero-order chi connectivity index (χ0) is 12.0. The molecule has 5 heteroatoms. The number of fused-ring (bicyclic) bond motifs is 1. The van der Waals surface area contributed by atoms with E-state index in [1.165, 1.54) is 9.75 Å². The van der Waals surface area contributed by atoms with E-state index in [1.54, 1.807) is 11.3 Å². The molecule has 0 N–H and O–H groups in total. The first-order valence-corrected chi connectivity index (χ1v) is 7.70. The zero-order valence-electron chi connectivity index (χ0n) is 9.58. The molecule has 0 saturated heterocycles. The third-order valence-electron chi connectivity index (χ3n) is 2.81. The highest BCUT2D eigenvalue weighted by Crippen LogP contribution is 2.35. The highest BCUT2D eigenvalue weighted by Gasteiger charge is 2.20. The lowest BCUT2D eigenvalue weighted by Gasteiger charge is -2.04. The normalized spacial score (nSPS) is 14.1. The van der Waals surface area contributed by atoms with Crippen molar-refractivity contribution >= 4 is 34.7 Å². The average molecular weight is 283 g/mol. The number of hydrogen-bond donors (Lipinski definition) is 0. The van der Waals surface area contributed by atoms with Crippen LogP contribution in [0.1, 0.15) is 21.0 Å². The first-order valence-electron chi connectivity index (χ1n) is 5.35. The molecule has 0 fully saturated rings. The number of nitrogens with zero attached hydrogens (tertiary/aromatic N) is 2. The third kappa shape index (κ3) is 1.98. The lowest BCUT2D eigenvalue weighted by atomic mass is 10.2. The van der Waals surface area contributed by atoms with Gasteiger partial charge in [0.2, 0.25) is 0 Å². The molecule has 3 rings (SSSR count). The fraction of sp³-hybridized carbons (Fsp3) is 0.333. The highest BCUT2D eigenvalue weighted by molar-refractivity contribution is 7.98. The average Bonchev–Trinajstić information content (AvgIpc) is 2.84. The molecule has 2 aromatic rings. The smallest absolute Gasteiger partial charge is 0.162 e. The minimum Gasteiger partial charge on any atom is -0.232 e. The summed E-state index contributed by atoms with van der Waals surface area (Å²) in [7, 11) is 0. The lowest BCUT2D eigenvalue weighted by Crippen LogP contribution is -1.97. The van der Waals surface area contributed by atoms with E-state index in [1.807, 2.05) is 11.8 Å². The summed E-state index contributed by atoms with van der Waals surface area (Å²) >= 11 is 9.84. The van der Waals surface area contributed by atoms with Crippen molar-refractivity contribution < 1.29 is 0 Å². The van der Waals surface area contributed by atoms with Crippen molar-refractivity contribution in [2.75, 3.05) is 0 Å². The Morgan fingerprint density at radius 1 is 1.24 bits per heavy atom. The Kier molecular flexibility index (Phi) is 2.89. The second-order valence-corrected chi connectivity index (χ2v) is 6.89. The fourth-order valence-corrected chi connectivity index (χ4v) is 4.28. The zero-order valence-corrected chi connectivity index (χ0v) is 12.0. The molecular weight excluding hydrogens is 272 g/mol. The maximum atomic E-state index is 6.22. The summed E-state index contributed by atoms with van der Waals surface area (Å²) in [4.78, 5) is 11.6. The molecule has 0 atom stereocenters. The molecule has 0 unspecified atom stereocenters. The van der Waals surface area contributed by atoms with Crippen LogP contribution in [-0.2, 0) is 11.5 Å². The number of aromatic nitrogens is 2. The van der Waals surface area contributed by atoms with Gasteiger partial charge in [-0.15, -0.1) is 11.3 Å². The number of hydrogen-bond acceptors (Lipinski definition) is 4. The Labute approximate surface area is 113 Å². The summed E-state index contributed by atoms with van der Waals surface area (Å²) in [6.45, 7) is 4.21. The summed E-state index contributed by atoms with van der Waals surface area (Å²) in [5.41, 5.74) is 3.34. The van der Waals surface area contributed by atoms with E-state index in [2.05, 4.69) is 29.9 Å². The molecule has 0 aliphatic carbocycles. The summed E-state index contributed by atoms with van der Waals surface area (Å²) in [5, 5.41) is 0.623. The number of thiophene rings is 1. The fourth-order valence-electron chi connectivity index (χ4n) is 1.99. The van der Waals surface area contributed by atoms with Gasteiger partial charge >= 0.3 is 0 Å². The van der Waals surface area contributed by atoms with E-state index in [0.717, 1.165) is 34.2 Å². The molecule has 1 aliphatic rings. The van der Waals surface area contributed by atoms with Crippen LogP contribution in [0, 0.1) is 13.8 Å². The molecule has 0 amide bonds. The van der Waals surface area contributed by atoms with Gasteiger partial charge in [-0.2, -0.15) is 11.8 Å². The van der Waals surface area contributed by atoms with Crippen molar-refractivity contribution in [1.82, 2.24) is 9.97 Å². The van der Waals surface area contributed by atoms with E-state index in [9.17, 15) is 0 Å². The minimum absolute atomic E-state index is 0.623. The largest absolute Gasteiger partial charge is 0.232 e. The van der Waals surface area contributed by atoms with Gasteiger partial charge in [0, 0.05) is 32.4 Å². The van der Waals surface area contributed by atoms with E-state index in [4.69, 9.17) is 11.6 Å². The van der Waals surface area contributed by atoms with Crippen molar-refractivity contribution in [3.63, 3.8) is 0 Å². The van der Waals surface area contributed by atoms with Gasteiger partial charge in [0.25, 0.3) is 0 Å². The van der Waals surface area contributed by atoms with Crippen molar-refractivity contribution in [1.29, 1.82) is 0 Å². The first kappa shape index (κ1) is 11.5. The van der Waals surface area contributed by atoms with E-state index in [-0.39, 0.29) is 0 Å². The second kappa shape index (κ2) is 4.26. The van der Waals surface area contributed by atoms with Crippen LogP contribution in [0.15, 0.2) is 6.07 Å². The van der Waals surface area contributed by atoms with Crippen LogP contribution < -0.4 is 0 Å². The maximum Gasteiger partial charge on any atom is 0.162 e. The molecule has 1 aliphatic heterocycles. The molecule has 0 spiro atoms. The Hall–Kier alpha value is -0.580. The maximum absolute atomic E-state index is 6.22. The summed E-state index contributed by atoms with van der Waals surface area (Å²) in [5.74, 6) is 2.67. The van der Waals surface area contributed by atoms with Gasteiger partial charge in [0.1, 0.15) is 5.15 Å². The van der Waals surface area contributed by atoms with Gasteiger partial charge < -0.3 is 0 Å². The van der Waals surface area contributed by atoms with Gasteiger partial charge in [0.15, 0.2) is 5.82 Å². The van der Waals surface area contributed by atoms with Crippen molar-refractivity contribution in [2.45, 2.75) is 25.4 Å². The molecule has 0 saturated carbocycles. The Bertz CT molecular complexity index is 592. The topological polar surface area (TPSA) is 25.8 Å². The van der Waals surface area contributed by atoms with E-state index >= 15 is 0 Å². The highest BCUT2D eigenvalue weighted by atomic mass is 35.5. The summed E-state index contributed by atoms with van der Waals surface area (Å²) in [6.07, 6.45) is 0. The van der Waals surface area contributed by atoms with Crippen LogP contribution in [0.2, 0.25) is 5.15 Å². The number of thioether (sulfide) groups is 1. The van der Waals surface area contributed by atoms with Crippen molar-refractivity contribution in [3.8, 4) is 11.4 Å². The Morgan fingerprint density at radius 2 is 2.06 bits per heavy atom. The molecule has 2 aromatic heterocycles. The summed E-state index contributed by atoms with van der Waals surface area (Å²) in [6, 6.07) is 2.14. The van der Waals surface area contributed by atoms with Crippen molar-refractivity contribution in [2.24, 2.45) is 0 Å². The lowest BCUT2D eigenvalue weighted by molar-refractivity contribution is 1.07. The van der Waals surface area contributed by atoms with Crippen LogP contribution in [0.3, 0.4) is 0 Å². The van der Waals surface area contributed by atoms with Crippen LogP contribution in [-0.4, -0.2) is 9.97 Å².